The average molecular weight is 227 g/mol. The highest BCUT2D eigenvalue weighted by Gasteiger charge is 2.06. The minimum atomic E-state index is 0.222. The SMILES string of the molecule is Cc1ccc(C(C)Nc2ccncc2N)cc1. The molecule has 0 aliphatic rings. The van der Waals surface area contributed by atoms with Crippen molar-refractivity contribution in [3.05, 3.63) is 53.9 Å². The number of nitrogens with one attached hydrogen (secondary N) is 1. The summed E-state index contributed by atoms with van der Waals surface area (Å²) < 4.78 is 0. The summed E-state index contributed by atoms with van der Waals surface area (Å²) >= 11 is 0. The van der Waals surface area contributed by atoms with E-state index in [4.69, 9.17) is 5.73 Å². The van der Waals surface area contributed by atoms with Crippen LogP contribution in [0.2, 0.25) is 0 Å². The molecule has 0 saturated carbocycles. The van der Waals surface area contributed by atoms with Crippen molar-refractivity contribution in [1.29, 1.82) is 0 Å². The van der Waals surface area contributed by atoms with E-state index in [0.29, 0.717) is 5.69 Å². The van der Waals surface area contributed by atoms with Gasteiger partial charge in [0.1, 0.15) is 0 Å². The molecule has 1 unspecified atom stereocenters. The van der Waals surface area contributed by atoms with Gasteiger partial charge in [-0.2, -0.15) is 0 Å². The second-order valence-corrected chi connectivity index (χ2v) is 4.24. The van der Waals surface area contributed by atoms with E-state index in [0.717, 1.165) is 5.69 Å². The van der Waals surface area contributed by atoms with Crippen LogP contribution in [0.4, 0.5) is 11.4 Å². The number of nitrogen functional groups attached to an aromatic ring is 1. The smallest absolute Gasteiger partial charge is 0.0736 e. The van der Waals surface area contributed by atoms with Crippen molar-refractivity contribution in [3.8, 4) is 0 Å². The van der Waals surface area contributed by atoms with E-state index in [-0.39, 0.29) is 6.04 Å². The predicted molar refractivity (Wildman–Crippen MR) is 71.9 cm³/mol. The molecule has 88 valence electrons. The summed E-state index contributed by atoms with van der Waals surface area (Å²) in [5.74, 6) is 0. The third-order valence-corrected chi connectivity index (χ3v) is 2.80. The van der Waals surface area contributed by atoms with Crippen molar-refractivity contribution in [1.82, 2.24) is 4.98 Å². The van der Waals surface area contributed by atoms with E-state index >= 15 is 0 Å². The van der Waals surface area contributed by atoms with Crippen LogP contribution in [0.5, 0.6) is 0 Å². The summed E-state index contributed by atoms with van der Waals surface area (Å²) in [6.07, 6.45) is 3.39. The maximum Gasteiger partial charge on any atom is 0.0736 e. The molecular weight excluding hydrogens is 210 g/mol. The van der Waals surface area contributed by atoms with E-state index in [9.17, 15) is 0 Å². The summed E-state index contributed by atoms with van der Waals surface area (Å²) in [5.41, 5.74) is 9.95. The minimum absolute atomic E-state index is 0.222. The minimum Gasteiger partial charge on any atom is -0.396 e. The molecule has 17 heavy (non-hydrogen) atoms. The molecule has 2 aromatic rings. The monoisotopic (exact) mass is 227 g/mol. The largest absolute Gasteiger partial charge is 0.396 e. The molecule has 0 aliphatic carbocycles. The van der Waals surface area contributed by atoms with Gasteiger partial charge in [0, 0.05) is 12.2 Å². The molecule has 3 nitrogen and oxygen atoms in total. The Morgan fingerprint density at radius 2 is 1.88 bits per heavy atom. The quantitative estimate of drug-likeness (QED) is 0.847. The number of hydrogen-bond acceptors (Lipinski definition) is 3. The lowest BCUT2D eigenvalue weighted by atomic mass is 10.1. The molecule has 1 atom stereocenters. The molecule has 3 heteroatoms. The number of nitrogens with two attached hydrogens (primary N) is 1. The Bertz CT molecular complexity index is 491. The number of benzene rings is 1. The Labute approximate surface area is 102 Å². The molecule has 2 rings (SSSR count). The van der Waals surface area contributed by atoms with Gasteiger partial charge in [0.25, 0.3) is 0 Å². The molecule has 0 spiro atoms. The highest BCUT2D eigenvalue weighted by molar-refractivity contribution is 5.64. The average Bonchev–Trinajstić information content (AvgIpc) is 2.33. The number of nitrogens with zero attached hydrogens (tertiary/aromatic N) is 1. The van der Waals surface area contributed by atoms with Crippen LogP contribution in [0.1, 0.15) is 24.1 Å². The number of aromatic nitrogens is 1. The Morgan fingerprint density at radius 1 is 1.18 bits per heavy atom. The topological polar surface area (TPSA) is 50.9 Å². The predicted octanol–water partition coefficient (Wildman–Crippen LogP) is 3.15. The van der Waals surface area contributed by atoms with Gasteiger partial charge in [0.2, 0.25) is 0 Å². The molecule has 0 aliphatic heterocycles. The van der Waals surface area contributed by atoms with Gasteiger partial charge >= 0.3 is 0 Å². The van der Waals surface area contributed by atoms with Crippen LogP contribution in [-0.4, -0.2) is 4.98 Å². The Morgan fingerprint density at radius 3 is 2.53 bits per heavy atom. The van der Waals surface area contributed by atoms with Crippen LogP contribution in [0.15, 0.2) is 42.7 Å². The normalized spacial score (nSPS) is 12.1. The molecule has 0 saturated heterocycles. The van der Waals surface area contributed by atoms with E-state index in [1.165, 1.54) is 11.1 Å². The molecule has 0 radical (unpaired) electrons. The van der Waals surface area contributed by atoms with Crippen LogP contribution in [0.25, 0.3) is 0 Å². The molecule has 1 aromatic heterocycles. The molecule has 1 aromatic carbocycles. The van der Waals surface area contributed by atoms with Gasteiger partial charge in [-0.1, -0.05) is 29.8 Å². The summed E-state index contributed by atoms with van der Waals surface area (Å²) in [6.45, 7) is 4.20. The van der Waals surface area contributed by atoms with Crippen molar-refractivity contribution >= 4 is 11.4 Å². The van der Waals surface area contributed by atoms with Gasteiger partial charge in [-0.3, -0.25) is 4.98 Å². The van der Waals surface area contributed by atoms with Crippen molar-refractivity contribution in [2.75, 3.05) is 11.1 Å². The second kappa shape index (κ2) is 4.87. The van der Waals surface area contributed by atoms with Crippen molar-refractivity contribution < 1.29 is 0 Å². The van der Waals surface area contributed by atoms with Gasteiger partial charge in [-0.25, -0.2) is 0 Å². The third-order valence-electron chi connectivity index (χ3n) is 2.80. The van der Waals surface area contributed by atoms with E-state index in [1.807, 2.05) is 6.07 Å². The lowest BCUT2D eigenvalue weighted by molar-refractivity contribution is 0.884. The maximum absolute atomic E-state index is 5.85. The van der Waals surface area contributed by atoms with E-state index in [1.54, 1.807) is 12.4 Å². The molecule has 0 amide bonds. The standard InChI is InChI=1S/C14H17N3/c1-10-3-5-12(6-4-10)11(2)17-14-7-8-16-9-13(14)15/h3-9,11H,15H2,1-2H3,(H,16,17). The molecule has 0 bridgehead atoms. The lowest BCUT2D eigenvalue weighted by Gasteiger charge is -2.17. The Kier molecular flexibility index (Phi) is 3.28. The Balaban J connectivity index is 2.14. The van der Waals surface area contributed by atoms with E-state index in [2.05, 4.69) is 48.4 Å². The van der Waals surface area contributed by atoms with Crippen LogP contribution >= 0.6 is 0 Å². The van der Waals surface area contributed by atoms with Gasteiger partial charge < -0.3 is 11.1 Å². The van der Waals surface area contributed by atoms with Crippen LogP contribution in [0.3, 0.4) is 0 Å². The summed E-state index contributed by atoms with van der Waals surface area (Å²) in [7, 11) is 0. The summed E-state index contributed by atoms with van der Waals surface area (Å²) in [6, 6.07) is 10.6. The van der Waals surface area contributed by atoms with Gasteiger partial charge in [0.05, 0.1) is 17.6 Å². The molecule has 1 heterocycles. The number of aryl methyl sites for hydroxylation is 1. The maximum atomic E-state index is 5.85. The first-order valence-corrected chi connectivity index (χ1v) is 5.69. The van der Waals surface area contributed by atoms with Crippen molar-refractivity contribution in [2.45, 2.75) is 19.9 Å². The van der Waals surface area contributed by atoms with Gasteiger partial charge in [0.15, 0.2) is 0 Å². The number of pyridine rings is 1. The summed E-state index contributed by atoms with van der Waals surface area (Å²) in [5, 5.41) is 3.38. The van der Waals surface area contributed by atoms with Gasteiger partial charge in [-0.15, -0.1) is 0 Å². The van der Waals surface area contributed by atoms with Crippen LogP contribution in [-0.2, 0) is 0 Å². The van der Waals surface area contributed by atoms with Crippen molar-refractivity contribution in [2.24, 2.45) is 0 Å². The number of rotatable bonds is 3. The fourth-order valence-corrected chi connectivity index (χ4v) is 1.71. The highest BCUT2D eigenvalue weighted by atomic mass is 14.9. The van der Waals surface area contributed by atoms with Crippen LogP contribution < -0.4 is 11.1 Å². The zero-order valence-corrected chi connectivity index (χ0v) is 10.1. The van der Waals surface area contributed by atoms with E-state index < -0.39 is 0 Å². The number of anilines is 2. The first-order chi connectivity index (χ1) is 8.16. The Hall–Kier alpha value is -2.03. The lowest BCUT2D eigenvalue weighted by Crippen LogP contribution is -2.08. The zero-order valence-electron chi connectivity index (χ0n) is 10.1. The highest BCUT2D eigenvalue weighted by Crippen LogP contribution is 2.23. The zero-order chi connectivity index (χ0) is 12.3. The molecule has 0 fully saturated rings. The third kappa shape index (κ3) is 2.75. The first-order valence-electron chi connectivity index (χ1n) is 5.69. The number of hydrogen-bond donors (Lipinski definition) is 2. The fraction of sp³-hybridized carbons (Fsp3) is 0.214. The fourth-order valence-electron chi connectivity index (χ4n) is 1.71. The van der Waals surface area contributed by atoms with Gasteiger partial charge in [-0.05, 0) is 25.5 Å². The summed E-state index contributed by atoms with van der Waals surface area (Å²) in [4.78, 5) is 3.97. The molecular formula is C14H17N3. The van der Waals surface area contributed by atoms with Crippen molar-refractivity contribution in [3.63, 3.8) is 0 Å². The first kappa shape index (κ1) is 11.5. The second-order valence-electron chi connectivity index (χ2n) is 4.24. The van der Waals surface area contributed by atoms with Crippen LogP contribution in [0, 0.1) is 6.92 Å². The molecule has 3 N–H and O–H groups in total.